The summed E-state index contributed by atoms with van der Waals surface area (Å²) in [6.07, 6.45) is 4.85. The molecule has 1 amide bonds. The Labute approximate surface area is 124 Å². The number of hydrogen-bond donors (Lipinski definition) is 1. The van der Waals surface area contributed by atoms with Crippen molar-refractivity contribution >= 4 is 11.6 Å². The van der Waals surface area contributed by atoms with E-state index in [0.717, 1.165) is 11.4 Å². The van der Waals surface area contributed by atoms with Crippen molar-refractivity contribution in [1.29, 1.82) is 0 Å². The van der Waals surface area contributed by atoms with Gasteiger partial charge in [0.05, 0.1) is 12.2 Å². The van der Waals surface area contributed by atoms with E-state index < -0.39 is 0 Å². The van der Waals surface area contributed by atoms with Gasteiger partial charge < -0.3 is 10.2 Å². The molecule has 0 fully saturated rings. The zero-order valence-corrected chi connectivity index (χ0v) is 12.3. The summed E-state index contributed by atoms with van der Waals surface area (Å²) in [5.74, 6) is -0.0503. The molecule has 6 heteroatoms. The predicted octanol–water partition coefficient (Wildman–Crippen LogP) is 1.97. The van der Waals surface area contributed by atoms with Crippen molar-refractivity contribution in [3.63, 3.8) is 0 Å². The van der Waals surface area contributed by atoms with Crippen molar-refractivity contribution in [1.82, 2.24) is 19.9 Å². The number of pyridine rings is 1. The molecule has 0 bridgehead atoms. The largest absolute Gasteiger partial charge is 0.379 e. The molecular weight excluding hydrogens is 266 g/mol. The Morgan fingerprint density at radius 2 is 2.00 bits per heavy atom. The fourth-order valence-electron chi connectivity index (χ4n) is 1.95. The lowest BCUT2D eigenvalue weighted by Gasteiger charge is -2.18. The predicted molar refractivity (Wildman–Crippen MR) is 80.8 cm³/mol. The Kier molecular flexibility index (Phi) is 5.20. The van der Waals surface area contributed by atoms with Crippen molar-refractivity contribution in [2.45, 2.75) is 20.4 Å². The van der Waals surface area contributed by atoms with Crippen LogP contribution in [0.3, 0.4) is 0 Å². The smallest absolute Gasteiger partial charge is 0.272 e. The molecule has 2 aromatic heterocycles. The number of amides is 1. The monoisotopic (exact) mass is 285 g/mol. The quantitative estimate of drug-likeness (QED) is 0.878. The highest BCUT2D eigenvalue weighted by Crippen LogP contribution is 2.11. The first-order valence-corrected chi connectivity index (χ1v) is 6.98. The standard InChI is InChI=1S/C15H19N5O/c1-3-20(4-2)15(21)14-9-12(6-8-17-14)18-10-13-5-7-16-11-19-13/h5-9,11H,3-4,10H2,1-2H3,(H,17,18). The van der Waals surface area contributed by atoms with E-state index in [4.69, 9.17) is 0 Å². The molecule has 0 spiro atoms. The van der Waals surface area contributed by atoms with E-state index in [0.29, 0.717) is 25.3 Å². The SMILES string of the molecule is CCN(CC)C(=O)c1cc(NCc2ccncn2)ccn1. The van der Waals surface area contributed by atoms with E-state index in [2.05, 4.69) is 20.3 Å². The van der Waals surface area contributed by atoms with Gasteiger partial charge in [-0.25, -0.2) is 9.97 Å². The van der Waals surface area contributed by atoms with Gasteiger partial charge in [-0.05, 0) is 32.0 Å². The Bertz CT molecular complexity index is 584. The van der Waals surface area contributed by atoms with E-state index in [-0.39, 0.29) is 5.91 Å². The number of rotatable bonds is 6. The van der Waals surface area contributed by atoms with Gasteiger partial charge in [0.15, 0.2) is 0 Å². The van der Waals surface area contributed by atoms with Crippen LogP contribution in [0.1, 0.15) is 30.0 Å². The van der Waals surface area contributed by atoms with Crippen molar-refractivity contribution < 1.29 is 4.79 Å². The second kappa shape index (κ2) is 7.33. The van der Waals surface area contributed by atoms with Crippen LogP contribution in [0, 0.1) is 0 Å². The lowest BCUT2D eigenvalue weighted by atomic mass is 10.2. The van der Waals surface area contributed by atoms with E-state index >= 15 is 0 Å². The summed E-state index contributed by atoms with van der Waals surface area (Å²) in [5.41, 5.74) is 2.18. The molecule has 0 aromatic carbocycles. The molecule has 110 valence electrons. The molecule has 0 saturated carbocycles. The first-order valence-electron chi connectivity index (χ1n) is 6.98. The highest BCUT2D eigenvalue weighted by molar-refractivity contribution is 5.93. The van der Waals surface area contributed by atoms with E-state index in [1.54, 1.807) is 23.4 Å². The third kappa shape index (κ3) is 3.98. The Hall–Kier alpha value is -2.50. The minimum atomic E-state index is -0.0503. The van der Waals surface area contributed by atoms with Crippen molar-refractivity contribution in [2.75, 3.05) is 18.4 Å². The van der Waals surface area contributed by atoms with Gasteiger partial charge in [0.2, 0.25) is 0 Å². The van der Waals surface area contributed by atoms with Crippen molar-refractivity contribution in [3.05, 3.63) is 48.3 Å². The number of hydrogen-bond acceptors (Lipinski definition) is 5. The summed E-state index contributed by atoms with van der Waals surface area (Å²) in [7, 11) is 0. The molecule has 0 aliphatic carbocycles. The second-order valence-corrected chi connectivity index (χ2v) is 4.46. The minimum Gasteiger partial charge on any atom is -0.379 e. The third-order valence-corrected chi connectivity index (χ3v) is 3.15. The molecule has 2 aromatic rings. The number of aromatic nitrogens is 3. The maximum Gasteiger partial charge on any atom is 0.272 e. The van der Waals surface area contributed by atoms with Gasteiger partial charge in [0.25, 0.3) is 5.91 Å². The second-order valence-electron chi connectivity index (χ2n) is 4.46. The van der Waals surface area contributed by atoms with Crippen LogP contribution in [0.4, 0.5) is 5.69 Å². The van der Waals surface area contributed by atoms with Crippen LogP contribution in [0.2, 0.25) is 0 Å². The molecule has 2 heterocycles. The number of nitrogens with zero attached hydrogens (tertiary/aromatic N) is 4. The van der Waals surface area contributed by atoms with Crippen molar-refractivity contribution in [2.24, 2.45) is 0 Å². The fourth-order valence-corrected chi connectivity index (χ4v) is 1.95. The zero-order valence-electron chi connectivity index (χ0n) is 12.3. The maximum absolute atomic E-state index is 12.2. The molecule has 0 unspecified atom stereocenters. The van der Waals surface area contributed by atoms with Crippen LogP contribution in [0.15, 0.2) is 36.9 Å². The highest BCUT2D eigenvalue weighted by Gasteiger charge is 2.13. The van der Waals surface area contributed by atoms with Crippen LogP contribution in [0.25, 0.3) is 0 Å². The molecule has 0 atom stereocenters. The van der Waals surface area contributed by atoms with E-state index in [1.807, 2.05) is 26.0 Å². The van der Waals surface area contributed by atoms with Gasteiger partial charge >= 0.3 is 0 Å². The first-order chi connectivity index (χ1) is 10.2. The van der Waals surface area contributed by atoms with Crippen LogP contribution < -0.4 is 5.32 Å². The van der Waals surface area contributed by atoms with Gasteiger partial charge in [0, 0.05) is 31.2 Å². The Morgan fingerprint density at radius 1 is 1.19 bits per heavy atom. The Morgan fingerprint density at radius 3 is 2.67 bits per heavy atom. The van der Waals surface area contributed by atoms with Crippen LogP contribution in [-0.2, 0) is 6.54 Å². The van der Waals surface area contributed by atoms with Crippen molar-refractivity contribution in [3.8, 4) is 0 Å². The molecule has 0 aliphatic heterocycles. The van der Waals surface area contributed by atoms with Gasteiger partial charge in [-0.15, -0.1) is 0 Å². The molecule has 0 radical (unpaired) electrons. The van der Waals surface area contributed by atoms with Gasteiger partial charge in [-0.1, -0.05) is 0 Å². The van der Waals surface area contributed by atoms with E-state index in [1.165, 1.54) is 6.33 Å². The van der Waals surface area contributed by atoms with Gasteiger partial charge in [-0.2, -0.15) is 0 Å². The highest BCUT2D eigenvalue weighted by atomic mass is 16.2. The topological polar surface area (TPSA) is 71.0 Å². The summed E-state index contributed by atoms with van der Waals surface area (Å²) < 4.78 is 0. The lowest BCUT2D eigenvalue weighted by molar-refractivity contribution is 0.0767. The summed E-state index contributed by atoms with van der Waals surface area (Å²) in [4.78, 5) is 26.2. The number of nitrogens with one attached hydrogen (secondary N) is 1. The summed E-state index contributed by atoms with van der Waals surface area (Å²) in [5, 5.41) is 3.23. The molecule has 2 rings (SSSR count). The third-order valence-electron chi connectivity index (χ3n) is 3.15. The average molecular weight is 285 g/mol. The lowest BCUT2D eigenvalue weighted by Crippen LogP contribution is -2.31. The van der Waals surface area contributed by atoms with Crippen LogP contribution in [-0.4, -0.2) is 38.8 Å². The molecule has 0 saturated heterocycles. The molecule has 21 heavy (non-hydrogen) atoms. The van der Waals surface area contributed by atoms with E-state index in [9.17, 15) is 4.79 Å². The van der Waals surface area contributed by atoms with Gasteiger partial charge in [-0.3, -0.25) is 9.78 Å². The minimum absolute atomic E-state index is 0.0503. The summed E-state index contributed by atoms with van der Waals surface area (Å²) >= 11 is 0. The average Bonchev–Trinajstić information content (AvgIpc) is 2.55. The van der Waals surface area contributed by atoms with Crippen LogP contribution in [0.5, 0.6) is 0 Å². The first kappa shape index (κ1) is 14.9. The normalized spacial score (nSPS) is 10.2. The Balaban J connectivity index is 2.05. The molecular formula is C15H19N5O. The summed E-state index contributed by atoms with van der Waals surface area (Å²) in [6, 6.07) is 5.44. The zero-order chi connectivity index (χ0) is 15.1. The fraction of sp³-hybridized carbons (Fsp3) is 0.333. The maximum atomic E-state index is 12.2. The molecule has 1 N–H and O–H groups in total. The van der Waals surface area contributed by atoms with Gasteiger partial charge in [0.1, 0.15) is 12.0 Å². The number of carbonyl (C=O) groups is 1. The van der Waals surface area contributed by atoms with Crippen LogP contribution >= 0.6 is 0 Å². The molecule has 0 aliphatic rings. The summed E-state index contributed by atoms with van der Waals surface area (Å²) in [6.45, 7) is 5.84. The number of carbonyl (C=O) groups excluding carboxylic acids is 1. The number of anilines is 1. The molecule has 6 nitrogen and oxygen atoms in total.